The zero-order valence-electron chi connectivity index (χ0n) is 16.9. The Morgan fingerprint density at radius 1 is 1.24 bits per heavy atom. The number of aromatic nitrogens is 2. The average Bonchev–Trinajstić information content (AvgIpc) is 3.08. The second-order valence-corrected chi connectivity index (χ2v) is 7.71. The van der Waals surface area contributed by atoms with Crippen molar-refractivity contribution < 1.29 is 9.53 Å². The van der Waals surface area contributed by atoms with E-state index < -0.39 is 0 Å². The second kappa shape index (κ2) is 9.48. The Morgan fingerprint density at radius 2 is 2.00 bits per heavy atom. The molecule has 29 heavy (non-hydrogen) atoms. The Hall–Kier alpha value is -2.98. The van der Waals surface area contributed by atoms with Crippen molar-refractivity contribution in [2.24, 2.45) is 0 Å². The molecule has 7 heteroatoms. The molecule has 3 aromatic rings. The van der Waals surface area contributed by atoms with Gasteiger partial charge in [-0.3, -0.25) is 4.79 Å². The first-order valence-electron chi connectivity index (χ1n) is 9.51. The SMILES string of the molecule is CCOc1ccc2nc(SCC(=O)N(CCC#N)c3cc(C)cc(C)c3)[nH]c2c1. The summed E-state index contributed by atoms with van der Waals surface area (Å²) >= 11 is 1.36. The molecule has 0 saturated heterocycles. The van der Waals surface area contributed by atoms with Gasteiger partial charge in [-0.25, -0.2) is 4.98 Å². The molecule has 0 radical (unpaired) electrons. The average molecular weight is 409 g/mol. The highest BCUT2D eigenvalue weighted by atomic mass is 32.2. The van der Waals surface area contributed by atoms with Gasteiger partial charge in [-0.1, -0.05) is 17.8 Å². The number of thioether (sulfide) groups is 1. The number of hydrogen-bond donors (Lipinski definition) is 1. The van der Waals surface area contributed by atoms with Crippen LogP contribution in [0, 0.1) is 25.2 Å². The summed E-state index contributed by atoms with van der Waals surface area (Å²) in [4.78, 5) is 22.4. The number of nitrogens with zero attached hydrogens (tertiary/aromatic N) is 3. The number of amides is 1. The fourth-order valence-electron chi connectivity index (χ4n) is 3.16. The number of carbonyl (C=O) groups is 1. The number of hydrogen-bond acceptors (Lipinski definition) is 5. The Bertz CT molecular complexity index is 1030. The van der Waals surface area contributed by atoms with Gasteiger partial charge in [-0.05, 0) is 56.2 Å². The molecule has 0 aliphatic heterocycles. The predicted octanol–water partition coefficient (Wildman–Crippen LogP) is 4.62. The lowest BCUT2D eigenvalue weighted by Crippen LogP contribution is -2.33. The number of nitriles is 1. The molecule has 0 fully saturated rings. The van der Waals surface area contributed by atoms with Crippen LogP contribution in [0.15, 0.2) is 41.6 Å². The first-order valence-corrected chi connectivity index (χ1v) is 10.5. The monoisotopic (exact) mass is 408 g/mol. The zero-order valence-corrected chi connectivity index (χ0v) is 17.7. The van der Waals surface area contributed by atoms with Crippen LogP contribution >= 0.6 is 11.8 Å². The molecular formula is C22H24N4O2S. The van der Waals surface area contributed by atoms with Gasteiger partial charge in [0, 0.05) is 18.3 Å². The van der Waals surface area contributed by atoms with Gasteiger partial charge in [0.25, 0.3) is 0 Å². The molecule has 1 heterocycles. The molecule has 0 aliphatic carbocycles. The number of carbonyl (C=O) groups excluding carboxylic acids is 1. The smallest absolute Gasteiger partial charge is 0.237 e. The van der Waals surface area contributed by atoms with Crippen LogP contribution in [0.5, 0.6) is 5.75 Å². The molecule has 1 aromatic heterocycles. The van der Waals surface area contributed by atoms with Crippen molar-refractivity contribution in [1.82, 2.24) is 9.97 Å². The van der Waals surface area contributed by atoms with E-state index in [1.165, 1.54) is 11.8 Å². The zero-order chi connectivity index (χ0) is 20.8. The van der Waals surface area contributed by atoms with Crippen molar-refractivity contribution in [2.45, 2.75) is 32.3 Å². The van der Waals surface area contributed by atoms with Crippen LogP contribution in [-0.2, 0) is 4.79 Å². The number of ether oxygens (including phenoxy) is 1. The fourth-order valence-corrected chi connectivity index (χ4v) is 3.93. The fraction of sp³-hybridized carbons (Fsp3) is 0.318. The van der Waals surface area contributed by atoms with Gasteiger partial charge in [0.1, 0.15) is 5.75 Å². The van der Waals surface area contributed by atoms with Crippen molar-refractivity contribution >= 4 is 34.4 Å². The van der Waals surface area contributed by atoms with Crippen molar-refractivity contribution in [1.29, 1.82) is 5.26 Å². The van der Waals surface area contributed by atoms with E-state index in [0.717, 1.165) is 33.6 Å². The summed E-state index contributed by atoms with van der Waals surface area (Å²) in [6, 6.07) is 13.8. The summed E-state index contributed by atoms with van der Waals surface area (Å²) in [6.07, 6.45) is 0.286. The van der Waals surface area contributed by atoms with Crippen LogP contribution in [0.1, 0.15) is 24.5 Å². The first kappa shape index (κ1) is 20.7. The highest BCUT2D eigenvalue weighted by Crippen LogP contribution is 2.25. The van der Waals surface area contributed by atoms with E-state index in [1.807, 2.05) is 51.1 Å². The minimum Gasteiger partial charge on any atom is -0.494 e. The van der Waals surface area contributed by atoms with Crippen molar-refractivity contribution in [3.63, 3.8) is 0 Å². The first-order chi connectivity index (χ1) is 14.0. The molecular weight excluding hydrogens is 384 g/mol. The van der Waals surface area contributed by atoms with Gasteiger partial charge in [0.15, 0.2) is 5.16 Å². The third-order valence-corrected chi connectivity index (χ3v) is 5.20. The van der Waals surface area contributed by atoms with Crippen molar-refractivity contribution in [2.75, 3.05) is 23.8 Å². The van der Waals surface area contributed by atoms with Crippen LogP contribution in [0.4, 0.5) is 5.69 Å². The molecule has 1 N–H and O–H groups in total. The molecule has 0 atom stereocenters. The molecule has 0 saturated carbocycles. The van der Waals surface area contributed by atoms with Gasteiger partial charge >= 0.3 is 0 Å². The van der Waals surface area contributed by atoms with Crippen LogP contribution < -0.4 is 9.64 Å². The minimum atomic E-state index is -0.0503. The number of fused-ring (bicyclic) bond motifs is 1. The normalized spacial score (nSPS) is 10.7. The molecule has 150 valence electrons. The van der Waals surface area contributed by atoms with Crippen LogP contribution in [-0.4, -0.2) is 34.8 Å². The maximum Gasteiger partial charge on any atom is 0.237 e. The van der Waals surface area contributed by atoms with E-state index in [-0.39, 0.29) is 18.1 Å². The summed E-state index contributed by atoms with van der Waals surface area (Å²) in [5.41, 5.74) is 4.71. The topological polar surface area (TPSA) is 82.0 Å². The molecule has 6 nitrogen and oxygen atoms in total. The number of rotatable bonds is 8. The Kier molecular flexibility index (Phi) is 6.78. The Labute approximate surface area is 174 Å². The number of aromatic amines is 1. The van der Waals surface area contributed by atoms with Gasteiger partial charge < -0.3 is 14.6 Å². The van der Waals surface area contributed by atoms with Crippen molar-refractivity contribution in [3.05, 3.63) is 47.5 Å². The third-order valence-electron chi connectivity index (χ3n) is 4.34. The van der Waals surface area contributed by atoms with E-state index in [1.54, 1.807) is 4.90 Å². The molecule has 2 aromatic carbocycles. The largest absolute Gasteiger partial charge is 0.494 e. The third kappa shape index (κ3) is 5.30. The molecule has 3 rings (SSSR count). The number of H-pyrrole nitrogens is 1. The summed E-state index contributed by atoms with van der Waals surface area (Å²) < 4.78 is 5.52. The van der Waals surface area contributed by atoms with E-state index in [9.17, 15) is 4.79 Å². The van der Waals surface area contributed by atoms with Crippen LogP contribution in [0.2, 0.25) is 0 Å². The number of nitrogens with one attached hydrogen (secondary N) is 1. The number of anilines is 1. The lowest BCUT2D eigenvalue weighted by atomic mass is 10.1. The highest BCUT2D eigenvalue weighted by molar-refractivity contribution is 7.99. The lowest BCUT2D eigenvalue weighted by Gasteiger charge is -2.22. The van der Waals surface area contributed by atoms with E-state index in [0.29, 0.717) is 18.3 Å². The molecule has 0 unspecified atom stereocenters. The van der Waals surface area contributed by atoms with Crippen molar-refractivity contribution in [3.8, 4) is 11.8 Å². The second-order valence-electron chi connectivity index (χ2n) is 6.74. The molecule has 0 bridgehead atoms. The summed E-state index contributed by atoms with van der Waals surface area (Å²) in [5.74, 6) is 0.968. The Morgan fingerprint density at radius 3 is 2.69 bits per heavy atom. The Balaban J connectivity index is 1.74. The summed E-state index contributed by atoms with van der Waals surface area (Å²) in [6.45, 7) is 6.92. The van der Waals surface area contributed by atoms with Crippen LogP contribution in [0.3, 0.4) is 0 Å². The summed E-state index contributed by atoms with van der Waals surface area (Å²) in [5, 5.41) is 9.67. The van der Waals surface area contributed by atoms with Gasteiger partial charge in [-0.15, -0.1) is 0 Å². The van der Waals surface area contributed by atoms with E-state index in [4.69, 9.17) is 10.00 Å². The quantitative estimate of drug-likeness (QED) is 0.550. The lowest BCUT2D eigenvalue weighted by molar-refractivity contribution is -0.116. The van der Waals surface area contributed by atoms with Gasteiger partial charge in [-0.2, -0.15) is 5.26 Å². The summed E-state index contributed by atoms with van der Waals surface area (Å²) in [7, 11) is 0. The number of benzene rings is 2. The van der Waals surface area contributed by atoms with Gasteiger partial charge in [0.05, 0.1) is 35.9 Å². The van der Waals surface area contributed by atoms with E-state index >= 15 is 0 Å². The number of imidazole rings is 1. The molecule has 1 amide bonds. The van der Waals surface area contributed by atoms with Crippen LogP contribution in [0.25, 0.3) is 11.0 Å². The van der Waals surface area contributed by atoms with E-state index in [2.05, 4.69) is 22.1 Å². The highest BCUT2D eigenvalue weighted by Gasteiger charge is 2.17. The molecule has 0 spiro atoms. The number of aryl methyl sites for hydroxylation is 2. The molecule has 0 aliphatic rings. The minimum absolute atomic E-state index is 0.0503. The standard InChI is InChI=1S/C22H24N4O2S/c1-4-28-18-6-7-19-20(13-18)25-22(24-19)29-14-21(27)26(9-5-8-23)17-11-15(2)10-16(3)12-17/h6-7,10-13H,4-5,9,14H2,1-3H3,(H,24,25). The predicted molar refractivity (Wildman–Crippen MR) is 116 cm³/mol. The maximum absolute atomic E-state index is 12.9. The maximum atomic E-state index is 12.9. The van der Waals surface area contributed by atoms with Gasteiger partial charge in [0.2, 0.25) is 5.91 Å².